The summed E-state index contributed by atoms with van der Waals surface area (Å²) in [6, 6.07) is 3.55. The number of carbonyl (C=O) groups excluding carboxylic acids is 3. The number of benzene rings is 1. The van der Waals surface area contributed by atoms with Crippen LogP contribution in [0.4, 0.5) is 13.2 Å². The smallest absolute Gasteiger partial charge is 0.345 e. The summed E-state index contributed by atoms with van der Waals surface area (Å²) in [6.07, 6.45) is -3.49. The molecule has 2 heterocycles. The minimum absolute atomic E-state index is 0.0172. The predicted octanol–water partition coefficient (Wildman–Crippen LogP) is 3.67. The number of likely N-dealkylation sites (tertiary alicyclic amines) is 1. The topological polar surface area (TPSA) is 107 Å². The van der Waals surface area contributed by atoms with E-state index in [1.165, 1.54) is 0 Å². The number of aromatic amines is 1. The molecule has 1 aromatic heterocycles. The average molecular weight is 496 g/mol. The molecule has 2 aromatic rings. The van der Waals surface area contributed by atoms with Gasteiger partial charge < -0.3 is 20.5 Å². The van der Waals surface area contributed by atoms with Gasteiger partial charge in [-0.3, -0.25) is 14.4 Å². The van der Waals surface area contributed by atoms with Crippen molar-refractivity contribution in [1.29, 1.82) is 0 Å². The highest BCUT2D eigenvalue weighted by Gasteiger charge is 2.35. The molecular weight excluding hydrogens is 463 g/mol. The fourth-order valence-corrected chi connectivity index (χ4v) is 4.46. The van der Waals surface area contributed by atoms with Gasteiger partial charge in [0, 0.05) is 12.6 Å². The molecule has 0 bridgehead atoms. The number of amides is 3. The maximum atomic E-state index is 13.1. The number of hydrogen-bond acceptors (Lipinski definition) is 4. The number of nitrogens with zero attached hydrogens (tertiary/aromatic N) is 2. The van der Waals surface area contributed by atoms with Gasteiger partial charge in [0.2, 0.25) is 17.7 Å². The van der Waals surface area contributed by atoms with Crippen LogP contribution in [-0.4, -0.2) is 57.4 Å². The maximum Gasteiger partial charge on any atom is 0.397 e. The van der Waals surface area contributed by atoms with E-state index < -0.39 is 42.9 Å². The molecule has 11 heteroatoms. The van der Waals surface area contributed by atoms with Crippen molar-refractivity contribution >= 4 is 28.8 Å². The van der Waals surface area contributed by atoms with Gasteiger partial charge in [0.05, 0.1) is 23.5 Å². The van der Waals surface area contributed by atoms with Crippen molar-refractivity contribution in [3.63, 3.8) is 0 Å². The number of carbonyl (C=O) groups is 3. The molecule has 192 valence electrons. The number of para-hydroxylation sites is 1. The van der Waals surface area contributed by atoms with E-state index in [1.54, 1.807) is 11.8 Å². The number of fused-ring (bicyclic) bond motifs is 1. The molecule has 1 aliphatic heterocycles. The molecule has 35 heavy (non-hydrogen) atoms. The van der Waals surface area contributed by atoms with E-state index in [2.05, 4.69) is 20.6 Å². The van der Waals surface area contributed by atoms with Crippen LogP contribution in [-0.2, 0) is 14.4 Å². The molecule has 0 aliphatic carbocycles. The Kier molecular flexibility index (Phi) is 8.39. The Balaban J connectivity index is 1.75. The van der Waals surface area contributed by atoms with Crippen LogP contribution >= 0.6 is 0 Å². The fraction of sp³-hybridized carbons (Fsp3) is 0.583. The molecular formula is C24H32F3N5O3. The van der Waals surface area contributed by atoms with Gasteiger partial charge in [-0.25, -0.2) is 4.98 Å². The van der Waals surface area contributed by atoms with Crippen LogP contribution < -0.4 is 10.6 Å². The lowest BCUT2D eigenvalue weighted by Crippen LogP contribution is -2.52. The first-order chi connectivity index (χ1) is 16.5. The summed E-state index contributed by atoms with van der Waals surface area (Å²) in [5.74, 6) is -2.01. The summed E-state index contributed by atoms with van der Waals surface area (Å²) in [4.78, 5) is 47.4. The van der Waals surface area contributed by atoms with E-state index in [4.69, 9.17) is 0 Å². The van der Waals surface area contributed by atoms with E-state index in [9.17, 15) is 27.6 Å². The minimum Gasteiger partial charge on any atom is -0.345 e. The molecule has 3 rings (SSSR count). The first-order valence-corrected chi connectivity index (χ1v) is 11.9. The average Bonchev–Trinajstić information content (AvgIpc) is 3.23. The lowest BCUT2D eigenvalue weighted by Gasteiger charge is -2.36. The molecule has 1 aromatic carbocycles. The SMILES string of the molecule is CC[C@H]1CCCCN1C(=O)C[C@H](NC(=O)CC(F)(F)F)C(=O)N[C@@H](C)c1nc2c(C)cccc2[nH]1. The van der Waals surface area contributed by atoms with Gasteiger partial charge in [-0.2, -0.15) is 13.2 Å². The number of imidazole rings is 1. The molecule has 1 fully saturated rings. The van der Waals surface area contributed by atoms with Gasteiger partial charge in [0.15, 0.2) is 0 Å². The summed E-state index contributed by atoms with van der Waals surface area (Å²) in [5, 5.41) is 4.80. The lowest BCUT2D eigenvalue weighted by atomic mass is 9.99. The fourth-order valence-electron chi connectivity index (χ4n) is 4.46. The number of nitrogens with one attached hydrogen (secondary N) is 3. The third-order valence-electron chi connectivity index (χ3n) is 6.31. The van der Waals surface area contributed by atoms with Gasteiger partial charge in [0.1, 0.15) is 18.3 Å². The number of rotatable bonds is 8. The molecule has 3 atom stereocenters. The van der Waals surface area contributed by atoms with Crippen LogP contribution in [0.1, 0.15) is 69.8 Å². The first kappa shape index (κ1) is 26.5. The normalized spacial score (nSPS) is 18.2. The van der Waals surface area contributed by atoms with Crippen molar-refractivity contribution in [3.8, 4) is 0 Å². The van der Waals surface area contributed by atoms with E-state index in [1.807, 2.05) is 32.0 Å². The summed E-state index contributed by atoms with van der Waals surface area (Å²) >= 11 is 0. The molecule has 3 N–H and O–H groups in total. The zero-order valence-corrected chi connectivity index (χ0v) is 20.2. The van der Waals surface area contributed by atoms with Crippen molar-refractivity contribution in [1.82, 2.24) is 25.5 Å². The highest BCUT2D eigenvalue weighted by Crippen LogP contribution is 2.23. The molecule has 8 nitrogen and oxygen atoms in total. The monoisotopic (exact) mass is 495 g/mol. The number of aromatic nitrogens is 2. The third-order valence-corrected chi connectivity index (χ3v) is 6.31. The molecule has 0 radical (unpaired) electrons. The van der Waals surface area contributed by atoms with Crippen molar-refractivity contribution in [3.05, 3.63) is 29.6 Å². The Morgan fingerprint density at radius 2 is 1.97 bits per heavy atom. The standard InChI is InChI=1S/C24H32F3N5O3/c1-4-16-9-5-6-11-32(16)20(34)12-18(29-19(33)13-24(25,26)27)23(35)28-15(3)22-30-17-10-7-8-14(2)21(17)31-22/h7-8,10,15-16,18H,4-6,9,11-13H2,1-3H3,(H,28,35)(H,29,33)(H,30,31)/t15-,16-,18-/m0/s1. The van der Waals surface area contributed by atoms with Crippen LogP contribution in [0.3, 0.4) is 0 Å². The van der Waals surface area contributed by atoms with Crippen molar-refractivity contribution < 1.29 is 27.6 Å². The number of hydrogen-bond donors (Lipinski definition) is 3. The molecule has 3 amide bonds. The van der Waals surface area contributed by atoms with Gasteiger partial charge >= 0.3 is 6.18 Å². The molecule has 0 saturated carbocycles. The van der Waals surface area contributed by atoms with Crippen molar-refractivity contribution in [2.75, 3.05) is 6.54 Å². The van der Waals surface area contributed by atoms with E-state index >= 15 is 0 Å². The molecule has 0 unspecified atom stereocenters. The summed E-state index contributed by atoms with van der Waals surface area (Å²) in [5.41, 5.74) is 2.46. The number of halogens is 3. The Hall–Kier alpha value is -3.11. The van der Waals surface area contributed by atoms with Crippen molar-refractivity contribution in [2.24, 2.45) is 0 Å². The highest BCUT2D eigenvalue weighted by atomic mass is 19.4. The third kappa shape index (κ3) is 6.95. The van der Waals surface area contributed by atoms with E-state index in [0.717, 1.165) is 42.3 Å². The van der Waals surface area contributed by atoms with Gasteiger partial charge in [-0.15, -0.1) is 0 Å². The number of aryl methyl sites for hydroxylation is 1. The quantitative estimate of drug-likeness (QED) is 0.520. The summed E-state index contributed by atoms with van der Waals surface area (Å²) in [6.45, 7) is 6.05. The zero-order valence-electron chi connectivity index (χ0n) is 20.2. The summed E-state index contributed by atoms with van der Waals surface area (Å²) in [7, 11) is 0. The van der Waals surface area contributed by atoms with Crippen LogP contribution in [0.15, 0.2) is 18.2 Å². The second kappa shape index (κ2) is 11.1. The van der Waals surface area contributed by atoms with E-state index in [-0.39, 0.29) is 11.9 Å². The Bertz CT molecular complexity index is 1070. The Morgan fingerprint density at radius 1 is 1.23 bits per heavy atom. The number of piperidine rings is 1. The van der Waals surface area contributed by atoms with Crippen LogP contribution in [0, 0.1) is 6.92 Å². The van der Waals surface area contributed by atoms with Crippen molar-refractivity contribution in [2.45, 2.75) is 83.6 Å². The number of H-pyrrole nitrogens is 1. The minimum atomic E-state index is -4.73. The largest absolute Gasteiger partial charge is 0.397 e. The molecule has 0 spiro atoms. The van der Waals surface area contributed by atoms with Gasteiger partial charge in [0.25, 0.3) is 0 Å². The first-order valence-electron chi connectivity index (χ1n) is 11.9. The lowest BCUT2D eigenvalue weighted by molar-refractivity contribution is -0.155. The Morgan fingerprint density at radius 3 is 2.63 bits per heavy atom. The predicted molar refractivity (Wildman–Crippen MR) is 124 cm³/mol. The van der Waals surface area contributed by atoms with Crippen LogP contribution in [0.5, 0.6) is 0 Å². The summed E-state index contributed by atoms with van der Waals surface area (Å²) < 4.78 is 38.2. The second-order valence-corrected chi connectivity index (χ2v) is 9.08. The maximum absolute atomic E-state index is 13.1. The zero-order chi connectivity index (χ0) is 25.8. The molecule has 1 saturated heterocycles. The second-order valence-electron chi connectivity index (χ2n) is 9.08. The Labute approximate surface area is 202 Å². The highest BCUT2D eigenvalue weighted by molar-refractivity contribution is 5.92. The van der Waals surface area contributed by atoms with Gasteiger partial charge in [-0.05, 0) is 51.2 Å². The number of alkyl halides is 3. The van der Waals surface area contributed by atoms with E-state index in [0.29, 0.717) is 12.4 Å². The van der Waals surface area contributed by atoms with Crippen LogP contribution in [0.2, 0.25) is 0 Å². The van der Waals surface area contributed by atoms with Gasteiger partial charge in [-0.1, -0.05) is 19.1 Å². The molecule has 1 aliphatic rings. The van der Waals surface area contributed by atoms with Crippen LogP contribution in [0.25, 0.3) is 11.0 Å².